The summed E-state index contributed by atoms with van der Waals surface area (Å²) in [6.07, 6.45) is 3.97. The first-order chi connectivity index (χ1) is 8.56. The minimum absolute atomic E-state index is 0.217. The van der Waals surface area contributed by atoms with Gasteiger partial charge in [-0.05, 0) is 32.8 Å². The van der Waals surface area contributed by atoms with Crippen LogP contribution < -0.4 is 0 Å². The van der Waals surface area contributed by atoms with Crippen LogP contribution in [0.5, 0.6) is 0 Å². The molecule has 0 fully saturated rings. The predicted molar refractivity (Wildman–Crippen MR) is 70.2 cm³/mol. The molecule has 0 aromatic heterocycles. The zero-order chi connectivity index (χ0) is 14.0. The third-order valence-corrected chi connectivity index (χ3v) is 2.51. The van der Waals surface area contributed by atoms with Crippen LogP contribution >= 0.6 is 11.6 Å². The van der Waals surface area contributed by atoms with Gasteiger partial charge in [0.1, 0.15) is 0 Å². The Morgan fingerprint density at radius 3 is 2.00 bits per heavy atom. The smallest absolute Gasteiger partial charge is 0.324 e. The van der Waals surface area contributed by atoms with E-state index in [0.717, 1.165) is 12.8 Å². The van der Waals surface area contributed by atoms with Gasteiger partial charge in [0.15, 0.2) is 5.92 Å². The van der Waals surface area contributed by atoms with E-state index in [-0.39, 0.29) is 13.2 Å². The van der Waals surface area contributed by atoms with Gasteiger partial charge in [0.05, 0.1) is 13.2 Å². The number of esters is 2. The van der Waals surface area contributed by atoms with Crippen molar-refractivity contribution in [1.82, 2.24) is 0 Å². The summed E-state index contributed by atoms with van der Waals surface area (Å²) in [4.78, 5) is 23.3. The molecule has 0 aliphatic heterocycles. The lowest BCUT2D eigenvalue weighted by molar-refractivity contribution is -0.158. The predicted octanol–water partition coefficient (Wildman–Crippen LogP) is 3.04. The van der Waals surface area contributed by atoms with Crippen LogP contribution in [0, 0.1) is 5.92 Å². The molecule has 0 unspecified atom stereocenters. The van der Waals surface area contributed by atoms with Crippen LogP contribution in [0.4, 0.5) is 0 Å². The summed E-state index contributed by atoms with van der Waals surface area (Å²) in [6.45, 7) is 5.84. The molecular formula is C13H21ClO4. The summed E-state index contributed by atoms with van der Waals surface area (Å²) in [7, 11) is 0. The highest BCUT2D eigenvalue weighted by Gasteiger charge is 2.27. The van der Waals surface area contributed by atoms with Crippen molar-refractivity contribution < 1.29 is 19.1 Å². The number of halogens is 1. The molecule has 0 rings (SSSR count). The first-order valence-corrected chi connectivity index (χ1v) is 6.64. The van der Waals surface area contributed by atoms with Crippen LogP contribution in [0.2, 0.25) is 0 Å². The number of ether oxygens (including phenoxy) is 2. The van der Waals surface area contributed by atoms with Crippen LogP contribution in [-0.4, -0.2) is 25.2 Å². The normalized spacial score (nSPS) is 11.5. The van der Waals surface area contributed by atoms with Crippen LogP contribution in [0.1, 0.15) is 40.0 Å². The largest absolute Gasteiger partial charge is 0.465 e. The minimum Gasteiger partial charge on any atom is -0.465 e. The average molecular weight is 277 g/mol. The van der Waals surface area contributed by atoms with E-state index in [1.165, 1.54) is 6.08 Å². The van der Waals surface area contributed by atoms with Crippen molar-refractivity contribution in [2.24, 2.45) is 5.92 Å². The van der Waals surface area contributed by atoms with Crippen LogP contribution in [-0.2, 0) is 19.1 Å². The standard InChI is InChI=1S/C13H21ClO4/c1-4-7-8-10(14)9-11(12(15)17-5-2)13(16)18-6-3/h9,11H,4-8H2,1-3H3/b10-9+. The minimum atomic E-state index is -1.06. The number of carbonyl (C=O) groups is 2. The monoisotopic (exact) mass is 276 g/mol. The molecular weight excluding hydrogens is 256 g/mol. The van der Waals surface area contributed by atoms with Gasteiger partial charge >= 0.3 is 11.9 Å². The maximum Gasteiger partial charge on any atom is 0.324 e. The molecule has 0 N–H and O–H groups in total. The fraction of sp³-hybridized carbons (Fsp3) is 0.692. The van der Waals surface area contributed by atoms with E-state index in [2.05, 4.69) is 0 Å². The summed E-state index contributed by atoms with van der Waals surface area (Å²) in [6, 6.07) is 0. The second-order valence-electron chi connectivity index (χ2n) is 3.70. The van der Waals surface area contributed by atoms with Crippen LogP contribution in [0.15, 0.2) is 11.1 Å². The summed E-state index contributed by atoms with van der Waals surface area (Å²) in [5, 5.41) is 0.489. The number of unbranched alkanes of at least 4 members (excludes halogenated alkanes) is 1. The summed E-state index contributed by atoms with van der Waals surface area (Å²) < 4.78 is 9.67. The van der Waals surface area contributed by atoms with E-state index < -0.39 is 17.9 Å². The molecule has 0 amide bonds. The lowest BCUT2D eigenvalue weighted by Crippen LogP contribution is -2.26. The van der Waals surface area contributed by atoms with E-state index in [0.29, 0.717) is 11.5 Å². The van der Waals surface area contributed by atoms with Crippen LogP contribution in [0.3, 0.4) is 0 Å². The first kappa shape index (κ1) is 17.0. The van der Waals surface area contributed by atoms with Gasteiger partial charge in [-0.25, -0.2) is 0 Å². The van der Waals surface area contributed by atoms with E-state index in [1.807, 2.05) is 6.92 Å². The first-order valence-electron chi connectivity index (χ1n) is 6.26. The number of carbonyl (C=O) groups excluding carboxylic acids is 2. The van der Waals surface area contributed by atoms with Gasteiger partial charge in [-0.1, -0.05) is 24.9 Å². The van der Waals surface area contributed by atoms with E-state index in [9.17, 15) is 9.59 Å². The second kappa shape index (κ2) is 9.95. The van der Waals surface area contributed by atoms with Gasteiger partial charge in [0.2, 0.25) is 0 Å². The number of hydrogen-bond donors (Lipinski definition) is 0. The van der Waals surface area contributed by atoms with Crippen molar-refractivity contribution in [3.63, 3.8) is 0 Å². The van der Waals surface area contributed by atoms with Gasteiger partial charge in [-0.15, -0.1) is 0 Å². The Morgan fingerprint density at radius 1 is 1.11 bits per heavy atom. The van der Waals surface area contributed by atoms with Crippen LogP contribution in [0.25, 0.3) is 0 Å². The lowest BCUT2D eigenvalue weighted by Gasteiger charge is -2.11. The van der Waals surface area contributed by atoms with Crippen molar-refractivity contribution in [3.8, 4) is 0 Å². The lowest BCUT2D eigenvalue weighted by atomic mass is 10.1. The highest BCUT2D eigenvalue weighted by Crippen LogP contribution is 2.17. The Labute approximate surface area is 113 Å². The molecule has 4 nitrogen and oxygen atoms in total. The molecule has 0 atom stereocenters. The maximum atomic E-state index is 11.6. The van der Waals surface area contributed by atoms with Gasteiger partial charge in [-0.2, -0.15) is 0 Å². The molecule has 0 aliphatic carbocycles. The SMILES string of the molecule is CCCC/C(Cl)=C\C(C(=O)OCC)C(=O)OCC. The molecule has 0 heterocycles. The highest BCUT2D eigenvalue weighted by atomic mass is 35.5. The van der Waals surface area contributed by atoms with E-state index >= 15 is 0 Å². The van der Waals surface area contributed by atoms with Crippen molar-refractivity contribution in [3.05, 3.63) is 11.1 Å². The second-order valence-corrected chi connectivity index (χ2v) is 4.18. The molecule has 0 aromatic carbocycles. The Kier molecular flexibility index (Phi) is 9.38. The van der Waals surface area contributed by atoms with Gasteiger partial charge < -0.3 is 9.47 Å². The number of hydrogen-bond acceptors (Lipinski definition) is 4. The number of allylic oxidation sites excluding steroid dienone is 1. The topological polar surface area (TPSA) is 52.6 Å². The third kappa shape index (κ3) is 6.64. The van der Waals surface area contributed by atoms with Crippen molar-refractivity contribution in [2.45, 2.75) is 40.0 Å². The molecule has 0 saturated carbocycles. The van der Waals surface area contributed by atoms with Gasteiger partial charge in [0, 0.05) is 5.03 Å². The quantitative estimate of drug-likeness (QED) is 0.505. The molecule has 18 heavy (non-hydrogen) atoms. The molecule has 0 bridgehead atoms. The zero-order valence-electron chi connectivity index (χ0n) is 11.2. The molecule has 0 radical (unpaired) electrons. The maximum absolute atomic E-state index is 11.6. The fourth-order valence-electron chi connectivity index (χ4n) is 1.31. The van der Waals surface area contributed by atoms with Crippen molar-refractivity contribution in [2.75, 3.05) is 13.2 Å². The molecule has 104 valence electrons. The molecule has 5 heteroatoms. The summed E-state index contributed by atoms with van der Waals surface area (Å²) in [5.74, 6) is -2.30. The Balaban J connectivity index is 4.74. The summed E-state index contributed by atoms with van der Waals surface area (Å²) in [5.41, 5.74) is 0. The molecule has 0 saturated heterocycles. The fourth-order valence-corrected chi connectivity index (χ4v) is 1.57. The molecule has 0 aliphatic rings. The average Bonchev–Trinajstić information content (AvgIpc) is 2.33. The summed E-state index contributed by atoms with van der Waals surface area (Å²) >= 11 is 5.99. The Hall–Kier alpha value is -1.03. The number of rotatable bonds is 8. The Bertz CT molecular complexity index is 281. The van der Waals surface area contributed by atoms with E-state index in [1.54, 1.807) is 13.8 Å². The molecule has 0 aromatic rings. The third-order valence-electron chi connectivity index (χ3n) is 2.20. The van der Waals surface area contributed by atoms with Crippen molar-refractivity contribution in [1.29, 1.82) is 0 Å². The Morgan fingerprint density at radius 2 is 1.61 bits per heavy atom. The molecule has 0 spiro atoms. The van der Waals surface area contributed by atoms with Gasteiger partial charge in [-0.3, -0.25) is 9.59 Å². The van der Waals surface area contributed by atoms with E-state index in [4.69, 9.17) is 21.1 Å². The van der Waals surface area contributed by atoms with Crippen molar-refractivity contribution >= 4 is 23.5 Å². The zero-order valence-corrected chi connectivity index (χ0v) is 12.0. The highest BCUT2D eigenvalue weighted by molar-refractivity contribution is 6.29. The van der Waals surface area contributed by atoms with Gasteiger partial charge in [0.25, 0.3) is 0 Å².